The number of fused-ring (bicyclic) bond motifs is 1. The fourth-order valence-corrected chi connectivity index (χ4v) is 4.73. The van der Waals surface area contributed by atoms with E-state index in [4.69, 9.17) is 4.52 Å². The Bertz CT molecular complexity index is 1130. The molecule has 3 aromatic rings. The van der Waals surface area contributed by atoms with E-state index in [1.165, 1.54) is 5.56 Å². The molecule has 1 N–H and O–H groups in total. The Hall–Kier alpha value is -3.42. The third kappa shape index (κ3) is 3.32. The maximum atomic E-state index is 13.3. The van der Waals surface area contributed by atoms with Gasteiger partial charge < -0.3 is 14.3 Å². The van der Waals surface area contributed by atoms with Gasteiger partial charge in [0.25, 0.3) is 11.8 Å². The number of hydrogen-bond donors (Lipinski definition) is 1. The Morgan fingerprint density at radius 3 is 2.77 bits per heavy atom. The van der Waals surface area contributed by atoms with E-state index in [0.29, 0.717) is 35.8 Å². The molecule has 2 aliphatic heterocycles. The number of carbonyl (C=O) groups is 2. The highest BCUT2D eigenvalue weighted by Gasteiger charge is 2.34. The topological polar surface area (TPSA) is 95.3 Å². The second kappa shape index (κ2) is 7.68. The number of piperidine rings is 1. The molecule has 160 valence electrons. The van der Waals surface area contributed by atoms with Gasteiger partial charge in [-0.25, -0.2) is 0 Å². The van der Waals surface area contributed by atoms with Crippen LogP contribution in [0.4, 0.5) is 5.69 Å². The number of aromatic amines is 1. The van der Waals surface area contributed by atoms with Gasteiger partial charge >= 0.3 is 0 Å². The third-order valence-electron chi connectivity index (χ3n) is 6.32. The fourth-order valence-electron chi connectivity index (χ4n) is 4.73. The van der Waals surface area contributed by atoms with Crippen molar-refractivity contribution >= 4 is 17.5 Å². The van der Waals surface area contributed by atoms with Crippen LogP contribution in [0.5, 0.6) is 0 Å². The standard InChI is InChI=1S/C23H25N5O3/c1-14-21(15(2)31-26-14)23(30)27-11-6-5-9-20(27)17-13-18(25-24-17)22(29)28-12-10-16-7-3-4-8-19(16)28/h3-4,7-8,13,20H,5-6,9-12H2,1-2H3,(H,24,25). The van der Waals surface area contributed by atoms with Gasteiger partial charge in [0.05, 0.1) is 17.4 Å². The molecule has 0 spiro atoms. The van der Waals surface area contributed by atoms with Gasteiger partial charge in [-0.2, -0.15) is 5.10 Å². The molecular formula is C23H25N5O3. The van der Waals surface area contributed by atoms with Crippen molar-refractivity contribution in [2.45, 2.75) is 45.6 Å². The number of anilines is 1. The molecule has 0 aliphatic carbocycles. The predicted molar refractivity (Wildman–Crippen MR) is 114 cm³/mol. The van der Waals surface area contributed by atoms with Gasteiger partial charge in [-0.1, -0.05) is 23.4 Å². The summed E-state index contributed by atoms with van der Waals surface area (Å²) in [6.07, 6.45) is 3.62. The number of hydrogen-bond acceptors (Lipinski definition) is 5. The van der Waals surface area contributed by atoms with Crippen LogP contribution in [-0.2, 0) is 6.42 Å². The van der Waals surface area contributed by atoms with Crippen LogP contribution in [0, 0.1) is 13.8 Å². The van der Waals surface area contributed by atoms with Crippen LogP contribution in [0.2, 0.25) is 0 Å². The summed E-state index contributed by atoms with van der Waals surface area (Å²) in [6, 6.07) is 9.60. The molecule has 4 heterocycles. The SMILES string of the molecule is Cc1noc(C)c1C(=O)N1CCCCC1c1cc(C(=O)N2CCc3ccccc32)n[nH]1. The number of likely N-dealkylation sites (tertiary alicyclic amines) is 1. The highest BCUT2D eigenvalue weighted by molar-refractivity contribution is 6.06. The van der Waals surface area contributed by atoms with E-state index >= 15 is 0 Å². The lowest BCUT2D eigenvalue weighted by Crippen LogP contribution is -2.39. The molecule has 2 aromatic heterocycles. The summed E-state index contributed by atoms with van der Waals surface area (Å²) < 4.78 is 5.20. The third-order valence-corrected chi connectivity index (χ3v) is 6.32. The summed E-state index contributed by atoms with van der Waals surface area (Å²) in [5, 5.41) is 11.3. The summed E-state index contributed by atoms with van der Waals surface area (Å²) in [4.78, 5) is 30.1. The van der Waals surface area contributed by atoms with Crippen LogP contribution < -0.4 is 4.90 Å². The van der Waals surface area contributed by atoms with Crippen LogP contribution in [-0.4, -0.2) is 45.2 Å². The number of amides is 2. The molecule has 1 saturated heterocycles. The average molecular weight is 419 g/mol. The average Bonchev–Trinajstić information content (AvgIpc) is 3.52. The molecule has 0 radical (unpaired) electrons. The second-order valence-corrected chi connectivity index (χ2v) is 8.25. The predicted octanol–water partition coefficient (Wildman–Crippen LogP) is 3.58. The van der Waals surface area contributed by atoms with Gasteiger partial charge in [0, 0.05) is 18.8 Å². The first-order valence-electron chi connectivity index (χ1n) is 10.7. The Morgan fingerprint density at radius 2 is 1.97 bits per heavy atom. The summed E-state index contributed by atoms with van der Waals surface area (Å²) in [6.45, 7) is 4.84. The van der Waals surface area contributed by atoms with E-state index in [1.807, 2.05) is 23.1 Å². The van der Waals surface area contributed by atoms with Crippen molar-refractivity contribution in [2.24, 2.45) is 0 Å². The van der Waals surface area contributed by atoms with Crippen molar-refractivity contribution in [3.63, 3.8) is 0 Å². The number of aromatic nitrogens is 3. The van der Waals surface area contributed by atoms with E-state index in [9.17, 15) is 9.59 Å². The number of benzene rings is 1. The Labute approximate surface area is 180 Å². The van der Waals surface area contributed by atoms with Gasteiger partial charge in [-0.3, -0.25) is 14.7 Å². The molecule has 0 saturated carbocycles. The van der Waals surface area contributed by atoms with E-state index < -0.39 is 0 Å². The number of rotatable bonds is 3. The lowest BCUT2D eigenvalue weighted by molar-refractivity contribution is 0.0603. The normalized spacial score (nSPS) is 18.3. The molecule has 0 bridgehead atoms. The van der Waals surface area contributed by atoms with Crippen molar-refractivity contribution < 1.29 is 14.1 Å². The summed E-state index contributed by atoms with van der Waals surface area (Å²) in [7, 11) is 0. The van der Waals surface area contributed by atoms with Crippen LogP contribution in [0.25, 0.3) is 0 Å². The minimum Gasteiger partial charge on any atom is -0.361 e. The first-order valence-corrected chi connectivity index (χ1v) is 10.7. The molecule has 5 rings (SSSR count). The lowest BCUT2D eigenvalue weighted by atomic mass is 9.97. The summed E-state index contributed by atoms with van der Waals surface area (Å²) in [5.74, 6) is 0.323. The molecule has 2 aliphatic rings. The van der Waals surface area contributed by atoms with Crippen LogP contribution in [0.3, 0.4) is 0 Å². The molecule has 8 heteroatoms. The fraction of sp³-hybridized carbons (Fsp3) is 0.391. The maximum absolute atomic E-state index is 13.3. The zero-order chi connectivity index (χ0) is 21.5. The molecule has 8 nitrogen and oxygen atoms in total. The largest absolute Gasteiger partial charge is 0.361 e. The van der Waals surface area contributed by atoms with E-state index in [2.05, 4.69) is 21.4 Å². The molecule has 31 heavy (non-hydrogen) atoms. The second-order valence-electron chi connectivity index (χ2n) is 8.25. The van der Waals surface area contributed by atoms with Crippen molar-refractivity contribution in [1.29, 1.82) is 0 Å². The summed E-state index contributed by atoms with van der Waals surface area (Å²) >= 11 is 0. The van der Waals surface area contributed by atoms with E-state index in [0.717, 1.165) is 37.1 Å². The number of para-hydroxylation sites is 1. The Kier molecular flexibility index (Phi) is 4.84. The number of aryl methyl sites for hydroxylation is 2. The minimum atomic E-state index is -0.158. The van der Waals surface area contributed by atoms with Gasteiger partial charge in [0.15, 0.2) is 5.69 Å². The molecule has 1 aromatic carbocycles. The zero-order valence-electron chi connectivity index (χ0n) is 17.7. The monoisotopic (exact) mass is 419 g/mol. The van der Waals surface area contributed by atoms with Crippen molar-refractivity contribution in [3.05, 3.63) is 64.3 Å². The van der Waals surface area contributed by atoms with E-state index in [-0.39, 0.29) is 17.9 Å². The quantitative estimate of drug-likeness (QED) is 0.700. The van der Waals surface area contributed by atoms with Gasteiger partial charge in [-0.15, -0.1) is 0 Å². The number of nitrogens with one attached hydrogen (secondary N) is 1. The zero-order valence-corrected chi connectivity index (χ0v) is 17.7. The molecule has 1 atom stereocenters. The number of carbonyl (C=O) groups excluding carboxylic acids is 2. The van der Waals surface area contributed by atoms with Gasteiger partial charge in [-0.05, 0) is 57.2 Å². The van der Waals surface area contributed by atoms with Crippen molar-refractivity contribution in [1.82, 2.24) is 20.3 Å². The smallest absolute Gasteiger partial charge is 0.278 e. The molecular weight excluding hydrogens is 394 g/mol. The van der Waals surface area contributed by atoms with Crippen LogP contribution >= 0.6 is 0 Å². The molecule has 1 unspecified atom stereocenters. The molecule has 1 fully saturated rings. The summed E-state index contributed by atoms with van der Waals surface area (Å²) in [5.41, 5.74) is 4.41. The highest BCUT2D eigenvalue weighted by Crippen LogP contribution is 2.33. The van der Waals surface area contributed by atoms with Gasteiger partial charge in [0.1, 0.15) is 11.3 Å². The van der Waals surface area contributed by atoms with Gasteiger partial charge in [0.2, 0.25) is 0 Å². The van der Waals surface area contributed by atoms with Crippen LogP contribution in [0.15, 0.2) is 34.9 Å². The Morgan fingerprint density at radius 1 is 1.13 bits per heavy atom. The number of H-pyrrole nitrogens is 1. The maximum Gasteiger partial charge on any atom is 0.278 e. The first kappa shape index (κ1) is 19.5. The van der Waals surface area contributed by atoms with Crippen LogP contribution in [0.1, 0.15) is 68.9 Å². The molecule has 2 amide bonds. The van der Waals surface area contributed by atoms with Crippen molar-refractivity contribution in [3.8, 4) is 0 Å². The van der Waals surface area contributed by atoms with E-state index in [1.54, 1.807) is 24.8 Å². The number of nitrogens with zero attached hydrogens (tertiary/aromatic N) is 4. The van der Waals surface area contributed by atoms with Crippen molar-refractivity contribution in [2.75, 3.05) is 18.0 Å². The lowest BCUT2D eigenvalue weighted by Gasteiger charge is -2.35. The first-order chi connectivity index (χ1) is 15.0. The Balaban J connectivity index is 1.40. The highest BCUT2D eigenvalue weighted by atomic mass is 16.5. The minimum absolute atomic E-state index is 0.0862.